The number of hydrogen-bond acceptors (Lipinski definition) is 3. The van der Waals surface area contributed by atoms with E-state index in [2.05, 4.69) is 23.7 Å². The molecule has 2 heterocycles. The maximum atomic E-state index is 5.63. The van der Waals surface area contributed by atoms with E-state index in [1.807, 2.05) is 12.1 Å². The van der Waals surface area contributed by atoms with Crippen molar-refractivity contribution in [3.63, 3.8) is 0 Å². The van der Waals surface area contributed by atoms with Crippen molar-refractivity contribution in [2.45, 2.75) is 39.2 Å². The van der Waals surface area contributed by atoms with E-state index in [4.69, 9.17) is 5.73 Å². The fourth-order valence-electron chi connectivity index (χ4n) is 2.63. The van der Waals surface area contributed by atoms with Gasteiger partial charge in [0.05, 0.1) is 11.9 Å². The molecule has 2 rings (SSSR count). The quantitative estimate of drug-likeness (QED) is 0.871. The molecule has 0 saturated carbocycles. The minimum absolute atomic E-state index is 0.715. The van der Waals surface area contributed by atoms with Crippen molar-refractivity contribution in [1.82, 2.24) is 9.88 Å². The summed E-state index contributed by atoms with van der Waals surface area (Å²) in [6.07, 6.45) is 5.44. The summed E-state index contributed by atoms with van der Waals surface area (Å²) in [6, 6.07) is 4.68. The van der Waals surface area contributed by atoms with Gasteiger partial charge in [-0.25, -0.2) is 0 Å². The summed E-state index contributed by atoms with van der Waals surface area (Å²) in [5, 5.41) is 0. The van der Waals surface area contributed by atoms with E-state index in [9.17, 15) is 0 Å². The van der Waals surface area contributed by atoms with Crippen LogP contribution in [0.3, 0.4) is 0 Å². The predicted molar refractivity (Wildman–Crippen MR) is 71.8 cm³/mol. The lowest BCUT2D eigenvalue weighted by atomic mass is 9.93. The summed E-state index contributed by atoms with van der Waals surface area (Å²) in [4.78, 5) is 6.93. The smallest absolute Gasteiger partial charge is 0.0501 e. The Kier molecular flexibility index (Phi) is 4.00. The van der Waals surface area contributed by atoms with Crippen molar-refractivity contribution in [3.8, 4) is 0 Å². The SMILES string of the molecule is CC1CCN(CCc2ccc(N)cn2)C(C)C1. The average molecular weight is 233 g/mol. The summed E-state index contributed by atoms with van der Waals surface area (Å²) < 4.78 is 0. The zero-order valence-electron chi connectivity index (χ0n) is 10.9. The van der Waals surface area contributed by atoms with Gasteiger partial charge in [0.25, 0.3) is 0 Å². The summed E-state index contributed by atoms with van der Waals surface area (Å²) in [5.74, 6) is 0.885. The minimum atomic E-state index is 0.715. The third-order valence-corrected chi connectivity index (χ3v) is 3.78. The molecular weight excluding hydrogens is 210 g/mol. The Bertz CT molecular complexity index is 347. The molecule has 1 aromatic heterocycles. The molecule has 0 spiro atoms. The highest BCUT2D eigenvalue weighted by atomic mass is 15.2. The molecule has 0 bridgehead atoms. The second kappa shape index (κ2) is 5.50. The molecule has 3 heteroatoms. The van der Waals surface area contributed by atoms with Gasteiger partial charge in [-0.1, -0.05) is 6.92 Å². The van der Waals surface area contributed by atoms with Crippen LogP contribution in [0, 0.1) is 5.92 Å². The molecule has 1 aliphatic rings. The third kappa shape index (κ3) is 3.43. The zero-order valence-corrected chi connectivity index (χ0v) is 10.9. The van der Waals surface area contributed by atoms with Crippen LogP contribution >= 0.6 is 0 Å². The summed E-state index contributed by atoms with van der Waals surface area (Å²) >= 11 is 0. The van der Waals surface area contributed by atoms with Gasteiger partial charge >= 0.3 is 0 Å². The van der Waals surface area contributed by atoms with Crippen LogP contribution in [0.5, 0.6) is 0 Å². The summed E-state index contributed by atoms with van der Waals surface area (Å²) in [7, 11) is 0. The van der Waals surface area contributed by atoms with E-state index in [-0.39, 0.29) is 0 Å². The first-order chi connectivity index (χ1) is 8.15. The van der Waals surface area contributed by atoms with E-state index in [0.29, 0.717) is 6.04 Å². The van der Waals surface area contributed by atoms with Gasteiger partial charge < -0.3 is 10.6 Å². The molecule has 2 atom stereocenters. The molecule has 1 aromatic rings. The fraction of sp³-hybridized carbons (Fsp3) is 0.643. The first kappa shape index (κ1) is 12.4. The Morgan fingerprint density at radius 2 is 2.24 bits per heavy atom. The fourth-order valence-corrected chi connectivity index (χ4v) is 2.63. The Morgan fingerprint density at radius 3 is 2.88 bits per heavy atom. The molecule has 0 aliphatic carbocycles. The zero-order chi connectivity index (χ0) is 12.3. The van der Waals surface area contributed by atoms with Crippen molar-refractivity contribution >= 4 is 5.69 Å². The van der Waals surface area contributed by atoms with Gasteiger partial charge in [-0.3, -0.25) is 4.98 Å². The third-order valence-electron chi connectivity index (χ3n) is 3.78. The number of rotatable bonds is 3. The Balaban J connectivity index is 1.83. The highest BCUT2D eigenvalue weighted by molar-refractivity contribution is 5.34. The Labute approximate surface area is 104 Å². The van der Waals surface area contributed by atoms with E-state index in [1.165, 1.54) is 19.4 Å². The molecule has 0 radical (unpaired) electrons. The number of aromatic nitrogens is 1. The molecular formula is C14H23N3. The first-order valence-electron chi connectivity index (χ1n) is 6.59. The molecule has 94 valence electrons. The minimum Gasteiger partial charge on any atom is -0.397 e. The van der Waals surface area contributed by atoms with Crippen LogP contribution in [-0.4, -0.2) is 29.0 Å². The normalized spacial score (nSPS) is 26.0. The standard InChI is InChI=1S/C14H23N3/c1-11-5-7-17(12(2)9-11)8-6-14-4-3-13(15)10-16-14/h3-4,10-12H,5-9,15H2,1-2H3. The number of nitrogens with two attached hydrogens (primary N) is 1. The molecule has 1 aliphatic heterocycles. The number of likely N-dealkylation sites (tertiary alicyclic amines) is 1. The second-order valence-corrected chi connectivity index (χ2v) is 5.35. The molecule has 2 N–H and O–H groups in total. The lowest BCUT2D eigenvalue weighted by Gasteiger charge is -2.36. The number of nitrogens with zero attached hydrogens (tertiary/aromatic N) is 2. The van der Waals surface area contributed by atoms with Gasteiger partial charge in [-0.2, -0.15) is 0 Å². The van der Waals surface area contributed by atoms with Crippen LogP contribution in [0.25, 0.3) is 0 Å². The topological polar surface area (TPSA) is 42.1 Å². The molecule has 1 fully saturated rings. The highest BCUT2D eigenvalue weighted by Crippen LogP contribution is 2.22. The van der Waals surface area contributed by atoms with Gasteiger partial charge in [-0.15, -0.1) is 0 Å². The second-order valence-electron chi connectivity index (χ2n) is 5.35. The van der Waals surface area contributed by atoms with Crippen molar-refractivity contribution < 1.29 is 0 Å². The van der Waals surface area contributed by atoms with E-state index in [1.54, 1.807) is 6.20 Å². The highest BCUT2D eigenvalue weighted by Gasteiger charge is 2.22. The monoisotopic (exact) mass is 233 g/mol. The Morgan fingerprint density at radius 1 is 1.41 bits per heavy atom. The maximum Gasteiger partial charge on any atom is 0.0501 e. The van der Waals surface area contributed by atoms with E-state index >= 15 is 0 Å². The van der Waals surface area contributed by atoms with Gasteiger partial charge in [0, 0.05) is 24.7 Å². The molecule has 2 unspecified atom stereocenters. The van der Waals surface area contributed by atoms with Crippen LogP contribution in [0.15, 0.2) is 18.3 Å². The Hall–Kier alpha value is -1.09. The van der Waals surface area contributed by atoms with E-state index < -0.39 is 0 Å². The maximum absolute atomic E-state index is 5.63. The van der Waals surface area contributed by atoms with Crippen molar-refractivity contribution in [3.05, 3.63) is 24.0 Å². The first-order valence-corrected chi connectivity index (χ1v) is 6.59. The predicted octanol–water partition coefficient (Wildman–Crippen LogP) is 2.33. The summed E-state index contributed by atoms with van der Waals surface area (Å²) in [5.41, 5.74) is 7.52. The van der Waals surface area contributed by atoms with Crippen LogP contribution in [-0.2, 0) is 6.42 Å². The van der Waals surface area contributed by atoms with Crippen LogP contribution in [0.1, 0.15) is 32.4 Å². The van der Waals surface area contributed by atoms with Gasteiger partial charge in [0.15, 0.2) is 0 Å². The van der Waals surface area contributed by atoms with E-state index in [0.717, 1.165) is 30.3 Å². The van der Waals surface area contributed by atoms with Gasteiger partial charge in [-0.05, 0) is 44.4 Å². The largest absolute Gasteiger partial charge is 0.397 e. The lowest BCUT2D eigenvalue weighted by Crippen LogP contribution is -2.41. The molecule has 3 nitrogen and oxygen atoms in total. The van der Waals surface area contributed by atoms with Crippen molar-refractivity contribution in [2.24, 2.45) is 5.92 Å². The molecule has 0 amide bonds. The molecule has 0 aromatic carbocycles. The number of pyridine rings is 1. The average Bonchev–Trinajstić information content (AvgIpc) is 2.30. The number of anilines is 1. The molecule has 17 heavy (non-hydrogen) atoms. The van der Waals surface area contributed by atoms with Crippen molar-refractivity contribution in [2.75, 3.05) is 18.8 Å². The lowest BCUT2D eigenvalue weighted by molar-refractivity contribution is 0.131. The van der Waals surface area contributed by atoms with Crippen LogP contribution in [0.2, 0.25) is 0 Å². The van der Waals surface area contributed by atoms with Gasteiger partial charge in [0.1, 0.15) is 0 Å². The van der Waals surface area contributed by atoms with Gasteiger partial charge in [0.2, 0.25) is 0 Å². The number of piperidine rings is 1. The summed E-state index contributed by atoms with van der Waals surface area (Å²) in [6.45, 7) is 7.05. The van der Waals surface area contributed by atoms with Crippen molar-refractivity contribution in [1.29, 1.82) is 0 Å². The number of hydrogen-bond donors (Lipinski definition) is 1. The van der Waals surface area contributed by atoms with Crippen LogP contribution in [0.4, 0.5) is 5.69 Å². The van der Waals surface area contributed by atoms with Crippen LogP contribution < -0.4 is 5.73 Å². The number of nitrogen functional groups attached to an aromatic ring is 1. The molecule has 1 saturated heterocycles.